The standard InChI is InChI=1S/C31H50N2O7S/c1-21(2)25(18-27(35)31(7,8)9)28(36)32-22(3)26(34)17-23-11-13-24(14-12-23)19-40-29(37)33(20-30(4,5)6)15-16-41(10,38)39/h11-14,21-22,25H,15-20H2,1-10H3,(H,32,36)/t22-,25-/m0/s1. The predicted octanol–water partition coefficient (Wildman–Crippen LogP) is 4.61. The first kappa shape index (κ1) is 36.3. The van der Waals surface area contributed by atoms with E-state index in [1.165, 1.54) is 4.90 Å². The molecule has 0 unspecified atom stereocenters. The molecule has 0 aliphatic heterocycles. The number of Topliss-reactive ketones (excluding diaryl/α,β-unsaturated/α-hetero) is 2. The van der Waals surface area contributed by atoms with E-state index in [1.807, 2.05) is 55.4 Å². The van der Waals surface area contributed by atoms with Crippen molar-refractivity contribution in [2.45, 2.75) is 87.8 Å². The second-order valence-electron chi connectivity index (χ2n) is 13.6. The molecule has 1 N–H and O–H groups in total. The number of carbonyl (C=O) groups is 4. The van der Waals surface area contributed by atoms with Gasteiger partial charge in [0, 0.05) is 43.5 Å². The summed E-state index contributed by atoms with van der Waals surface area (Å²) in [6, 6.07) is 6.35. The molecule has 0 radical (unpaired) electrons. The van der Waals surface area contributed by atoms with Crippen molar-refractivity contribution in [3.63, 3.8) is 0 Å². The van der Waals surface area contributed by atoms with Gasteiger partial charge in [0.25, 0.3) is 0 Å². The average molecular weight is 595 g/mol. The van der Waals surface area contributed by atoms with Crippen molar-refractivity contribution in [2.75, 3.05) is 25.1 Å². The third-order valence-corrected chi connectivity index (χ3v) is 7.57. The Balaban J connectivity index is 2.74. The molecule has 0 spiro atoms. The summed E-state index contributed by atoms with van der Waals surface area (Å²) in [4.78, 5) is 52.4. The zero-order valence-corrected chi connectivity index (χ0v) is 27.3. The van der Waals surface area contributed by atoms with Crippen LogP contribution in [0.2, 0.25) is 0 Å². The lowest BCUT2D eigenvalue weighted by Gasteiger charge is -2.29. The van der Waals surface area contributed by atoms with Crippen LogP contribution in [0.15, 0.2) is 24.3 Å². The van der Waals surface area contributed by atoms with Gasteiger partial charge in [-0.1, -0.05) is 79.7 Å². The van der Waals surface area contributed by atoms with E-state index in [2.05, 4.69) is 5.32 Å². The van der Waals surface area contributed by atoms with Crippen LogP contribution in [0.5, 0.6) is 0 Å². The largest absolute Gasteiger partial charge is 0.445 e. The van der Waals surface area contributed by atoms with Crippen molar-refractivity contribution in [1.82, 2.24) is 10.2 Å². The smallest absolute Gasteiger partial charge is 0.410 e. The van der Waals surface area contributed by atoms with E-state index in [0.717, 1.165) is 17.4 Å². The molecule has 1 aromatic carbocycles. The molecule has 1 rings (SSSR count). The number of sulfone groups is 1. The van der Waals surface area contributed by atoms with E-state index < -0.39 is 33.3 Å². The van der Waals surface area contributed by atoms with Gasteiger partial charge in [0.1, 0.15) is 22.2 Å². The highest BCUT2D eigenvalue weighted by Crippen LogP contribution is 2.24. The summed E-state index contributed by atoms with van der Waals surface area (Å²) >= 11 is 0. The minimum Gasteiger partial charge on any atom is -0.445 e. The summed E-state index contributed by atoms with van der Waals surface area (Å²) in [7, 11) is -3.24. The van der Waals surface area contributed by atoms with Crippen molar-refractivity contribution in [3.05, 3.63) is 35.4 Å². The minimum atomic E-state index is -3.24. The molecular formula is C31H50N2O7S. The quantitative estimate of drug-likeness (QED) is 0.333. The Hall–Kier alpha value is -2.75. The number of nitrogens with zero attached hydrogens (tertiary/aromatic N) is 1. The molecule has 0 saturated heterocycles. The van der Waals surface area contributed by atoms with Gasteiger partial charge < -0.3 is 15.0 Å². The summed E-state index contributed by atoms with van der Waals surface area (Å²) in [5.74, 6) is -1.16. The summed E-state index contributed by atoms with van der Waals surface area (Å²) in [5.41, 5.74) is 0.694. The van der Waals surface area contributed by atoms with Crippen molar-refractivity contribution >= 4 is 33.4 Å². The molecule has 1 aromatic rings. The van der Waals surface area contributed by atoms with Gasteiger partial charge in [0.05, 0.1) is 11.8 Å². The Labute approximate surface area is 246 Å². The van der Waals surface area contributed by atoms with Crippen LogP contribution in [0.3, 0.4) is 0 Å². The normalized spacial score (nSPS) is 13.8. The van der Waals surface area contributed by atoms with Gasteiger partial charge in [0.2, 0.25) is 5.91 Å². The number of ether oxygens (including phenoxy) is 1. The van der Waals surface area contributed by atoms with Crippen LogP contribution in [-0.2, 0) is 42.0 Å². The first-order chi connectivity index (χ1) is 18.6. The molecule has 0 bridgehead atoms. The molecule has 0 aromatic heterocycles. The van der Waals surface area contributed by atoms with Crippen LogP contribution in [-0.4, -0.2) is 68.0 Å². The number of hydrogen-bond acceptors (Lipinski definition) is 7. The Bertz CT molecular complexity index is 1160. The van der Waals surface area contributed by atoms with Gasteiger partial charge in [-0.15, -0.1) is 0 Å². The van der Waals surface area contributed by atoms with Crippen LogP contribution in [0, 0.1) is 22.7 Å². The van der Waals surface area contributed by atoms with E-state index in [9.17, 15) is 27.6 Å². The zero-order chi connectivity index (χ0) is 31.8. The molecule has 0 heterocycles. The summed E-state index contributed by atoms with van der Waals surface area (Å²) in [5, 5.41) is 2.79. The Morgan fingerprint density at radius 1 is 0.927 bits per heavy atom. The fourth-order valence-electron chi connectivity index (χ4n) is 3.97. The number of amides is 2. The lowest BCUT2D eigenvalue weighted by atomic mass is 9.81. The Morgan fingerprint density at radius 3 is 1.93 bits per heavy atom. The fourth-order valence-corrected chi connectivity index (χ4v) is 4.52. The molecule has 10 heteroatoms. The molecular weight excluding hydrogens is 544 g/mol. The first-order valence-electron chi connectivity index (χ1n) is 14.1. The second kappa shape index (κ2) is 14.9. The van der Waals surface area contributed by atoms with E-state index in [4.69, 9.17) is 4.74 Å². The molecule has 0 aliphatic rings. The lowest BCUT2D eigenvalue weighted by molar-refractivity contribution is -0.135. The summed E-state index contributed by atoms with van der Waals surface area (Å²) < 4.78 is 28.6. The maximum atomic E-state index is 12.9. The van der Waals surface area contributed by atoms with E-state index in [-0.39, 0.29) is 60.6 Å². The van der Waals surface area contributed by atoms with Crippen molar-refractivity contribution in [2.24, 2.45) is 22.7 Å². The maximum Gasteiger partial charge on any atom is 0.410 e. The molecule has 0 fully saturated rings. The number of nitrogens with one attached hydrogen (secondary N) is 1. The molecule has 41 heavy (non-hydrogen) atoms. The molecule has 9 nitrogen and oxygen atoms in total. The monoisotopic (exact) mass is 594 g/mol. The predicted molar refractivity (Wildman–Crippen MR) is 161 cm³/mol. The number of hydrogen-bond donors (Lipinski definition) is 1. The molecule has 0 aliphatic carbocycles. The minimum absolute atomic E-state index is 0.00289. The van der Waals surface area contributed by atoms with Gasteiger partial charge in [-0.3, -0.25) is 14.4 Å². The van der Waals surface area contributed by atoms with Crippen LogP contribution >= 0.6 is 0 Å². The fraction of sp³-hybridized carbons (Fsp3) is 0.677. The average Bonchev–Trinajstić information content (AvgIpc) is 2.82. The highest BCUT2D eigenvalue weighted by molar-refractivity contribution is 7.90. The molecule has 232 valence electrons. The Kier molecular flexibility index (Phi) is 13.2. The van der Waals surface area contributed by atoms with Gasteiger partial charge in [0.15, 0.2) is 5.78 Å². The Morgan fingerprint density at radius 2 is 1.46 bits per heavy atom. The molecule has 2 atom stereocenters. The van der Waals surface area contributed by atoms with E-state index in [1.54, 1.807) is 31.2 Å². The van der Waals surface area contributed by atoms with Crippen LogP contribution < -0.4 is 5.32 Å². The van der Waals surface area contributed by atoms with Gasteiger partial charge >= 0.3 is 6.09 Å². The topological polar surface area (TPSA) is 127 Å². The third kappa shape index (κ3) is 14.1. The highest BCUT2D eigenvalue weighted by Gasteiger charge is 2.31. The van der Waals surface area contributed by atoms with Crippen LogP contribution in [0.4, 0.5) is 4.79 Å². The number of benzene rings is 1. The van der Waals surface area contributed by atoms with E-state index in [0.29, 0.717) is 6.54 Å². The van der Waals surface area contributed by atoms with Crippen LogP contribution in [0.25, 0.3) is 0 Å². The maximum absolute atomic E-state index is 12.9. The number of carbonyl (C=O) groups excluding carboxylic acids is 4. The van der Waals surface area contributed by atoms with Gasteiger partial charge in [-0.05, 0) is 29.4 Å². The molecule has 0 saturated carbocycles. The van der Waals surface area contributed by atoms with Crippen LogP contribution in [0.1, 0.15) is 79.9 Å². The number of rotatable bonds is 14. The first-order valence-corrected chi connectivity index (χ1v) is 16.2. The van der Waals surface area contributed by atoms with Gasteiger partial charge in [-0.25, -0.2) is 13.2 Å². The second-order valence-corrected chi connectivity index (χ2v) is 15.8. The summed E-state index contributed by atoms with van der Waals surface area (Å²) in [6.45, 7) is 17.2. The summed E-state index contributed by atoms with van der Waals surface area (Å²) in [6.07, 6.45) is 0.787. The van der Waals surface area contributed by atoms with Crippen molar-refractivity contribution in [1.29, 1.82) is 0 Å². The van der Waals surface area contributed by atoms with Gasteiger partial charge in [-0.2, -0.15) is 0 Å². The van der Waals surface area contributed by atoms with E-state index >= 15 is 0 Å². The van der Waals surface area contributed by atoms with Crippen molar-refractivity contribution < 1.29 is 32.3 Å². The third-order valence-electron chi connectivity index (χ3n) is 6.64. The highest BCUT2D eigenvalue weighted by atomic mass is 32.2. The SMILES string of the molecule is CC(C)[C@H](CC(=O)C(C)(C)C)C(=O)N[C@@H](C)C(=O)Cc1ccc(COC(=O)N(CCS(C)(=O)=O)CC(C)(C)C)cc1. The molecule has 2 amide bonds. The number of ketones is 2. The van der Waals surface area contributed by atoms with Crippen molar-refractivity contribution in [3.8, 4) is 0 Å². The zero-order valence-electron chi connectivity index (χ0n) is 26.5. The lowest BCUT2D eigenvalue weighted by Crippen LogP contribution is -2.44.